The molecule has 0 aliphatic carbocycles. The van der Waals surface area contributed by atoms with E-state index < -0.39 is 41.6 Å². The molecule has 0 amide bonds. The van der Waals surface area contributed by atoms with E-state index in [9.17, 15) is 31.1 Å². The van der Waals surface area contributed by atoms with Gasteiger partial charge in [0.15, 0.2) is 0 Å². The van der Waals surface area contributed by atoms with Gasteiger partial charge < -0.3 is 14.4 Å². The van der Waals surface area contributed by atoms with E-state index in [1.165, 1.54) is 10.6 Å². The maximum absolute atomic E-state index is 13.7. The molecule has 192 valence electrons. The van der Waals surface area contributed by atoms with Crippen molar-refractivity contribution in [2.24, 2.45) is 0 Å². The quantitative estimate of drug-likeness (QED) is 0.204. The third-order valence-corrected chi connectivity index (χ3v) is 5.62. The zero-order chi connectivity index (χ0) is 26.8. The molecule has 4 aromatic rings. The monoisotopic (exact) mass is 519 g/mol. The number of benzene rings is 3. The molecular weight excluding hydrogens is 500 g/mol. The van der Waals surface area contributed by atoms with E-state index in [1.807, 2.05) is 30.3 Å². The van der Waals surface area contributed by atoms with Gasteiger partial charge in [-0.3, -0.25) is 0 Å². The van der Waals surface area contributed by atoms with E-state index in [4.69, 9.17) is 9.84 Å². The number of carbonyl (C=O) groups is 1. The van der Waals surface area contributed by atoms with Crippen molar-refractivity contribution in [2.45, 2.75) is 25.5 Å². The number of hydrogen-bond acceptors (Lipinski definition) is 2. The molecule has 1 aromatic heterocycles. The Kier molecular flexibility index (Phi) is 7.02. The number of carboxylic acid groups (broad SMARTS) is 1. The highest BCUT2D eigenvalue weighted by Crippen LogP contribution is 2.38. The van der Waals surface area contributed by atoms with Gasteiger partial charge in [-0.2, -0.15) is 26.3 Å². The number of aromatic nitrogens is 1. The summed E-state index contributed by atoms with van der Waals surface area (Å²) in [5.41, 5.74) is -1.59. The van der Waals surface area contributed by atoms with Crippen molar-refractivity contribution < 1.29 is 41.0 Å². The second kappa shape index (κ2) is 10.0. The van der Waals surface area contributed by atoms with E-state index in [0.29, 0.717) is 22.7 Å². The lowest BCUT2D eigenvalue weighted by Gasteiger charge is -2.18. The van der Waals surface area contributed by atoms with Crippen LogP contribution < -0.4 is 4.74 Å². The fourth-order valence-corrected chi connectivity index (χ4v) is 3.90. The summed E-state index contributed by atoms with van der Waals surface area (Å²) < 4.78 is 87.5. The Morgan fingerprint density at radius 1 is 0.892 bits per heavy atom. The van der Waals surface area contributed by atoms with Crippen LogP contribution in [-0.2, 0) is 30.3 Å². The zero-order valence-electron chi connectivity index (χ0n) is 19.0. The van der Waals surface area contributed by atoms with Crippen LogP contribution in [0.3, 0.4) is 0 Å². The van der Waals surface area contributed by atoms with Crippen LogP contribution in [0.5, 0.6) is 5.75 Å². The summed E-state index contributed by atoms with van der Waals surface area (Å²) in [6.45, 7) is -0.167. The van der Waals surface area contributed by atoms with Crippen LogP contribution in [0.15, 0.2) is 78.9 Å². The lowest BCUT2D eigenvalue weighted by molar-refractivity contribution is -0.143. The summed E-state index contributed by atoms with van der Waals surface area (Å²) in [5, 5.41) is 9.59. The van der Waals surface area contributed by atoms with E-state index in [-0.39, 0.29) is 18.4 Å². The van der Waals surface area contributed by atoms with Gasteiger partial charge in [-0.25, -0.2) is 4.79 Å². The minimum atomic E-state index is -5.03. The highest BCUT2D eigenvalue weighted by molar-refractivity contribution is 5.89. The van der Waals surface area contributed by atoms with Crippen LogP contribution in [0.4, 0.5) is 26.3 Å². The fraction of sp³-hybridized carbons (Fsp3) is 0.148. The molecule has 0 aliphatic rings. The van der Waals surface area contributed by atoms with Gasteiger partial charge in [0.05, 0.1) is 11.1 Å². The molecule has 0 unspecified atom stereocenters. The first-order valence-corrected chi connectivity index (χ1v) is 10.9. The number of ether oxygens (including phenoxy) is 1. The minimum absolute atomic E-state index is 0.0866. The molecule has 0 saturated heterocycles. The molecule has 1 heterocycles. The van der Waals surface area contributed by atoms with Crippen molar-refractivity contribution in [3.8, 4) is 5.75 Å². The normalized spacial score (nSPS) is 12.4. The molecule has 0 atom stereocenters. The fourth-order valence-electron chi connectivity index (χ4n) is 3.90. The second-order valence-electron chi connectivity index (χ2n) is 8.19. The third kappa shape index (κ3) is 6.14. The van der Waals surface area contributed by atoms with Crippen LogP contribution in [0.25, 0.3) is 17.0 Å². The highest BCUT2D eigenvalue weighted by atomic mass is 19.4. The number of rotatable bonds is 7. The summed E-state index contributed by atoms with van der Waals surface area (Å²) in [6.07, 6.45) is -7.93. The van der Waals surface area contributed by atoms with Crippen molar-refractivity contribution in [1.82, 2.24) is 4.57 Å². The molecule has 0 fully saturated rings. The van der Waals surface area contributed by atoms with Crippen LogP contribution in [-0.4, -0.2) is 15.6 Å². The van der Waals surface area contributed by atoms with Crippen LogP contribution >= 0.6 is 0 Å². The highest BCUT2D eigenvalue weighted by Gasteiger charge is 2.38. The standard InChI is InChI=1S/C27H19F6NO3/c28-26(29,30)20-7-6-18(23(14-20)27(31,32)33)15-34-21(8-11-25(35)36)12-19-13-22(9-10-24(19)34)37-16-17-4-2-1-3-5-17/h1-14H,15-16H2,(H,35,36)/b11-8+. The van der Waals surface area contributed by atoms with Gasteiger partial charge in [0.2, 0.25) is 0 Å². The molecule has 4 rings (SSSR count). The average molecular weight is 519 g/mol. The van der Waals surface area contributed by atoms with E-state index in [0.717, 1.165) is 17.7 Å². The first-order valence-electron chi connectivity index (χ1n) is 10.9. The molecule has 0 aliphatic heterocycles. The zero-order valence-corrected chi connectivity index (χ0v) is 19.0. The number of nitrogens with zero attached hydrogens (tertiary/aromatic N) is 1. The molecule has 0 spiro atoms. The summed E-state index contributed by atoms with van der Waals surface area (Å²) in [7, 11) is 0. The van der Waals surface area contributed by atoms with Gasteiger partial charge in [-0.05, 0) is 53.6 Å². The second-order valence-corrected chi connectivity index (χ2v) is 8.19. The van der Waals surface area contributed by atoms with Crippen molar-refractivity contribution >= 4 is 22.9 Å². The Morgan fingerprint density at radius 3 is 2.27 bits per heavy atom. The Morgan fingerprint density at radius 2 is 1.62 bits per heavy atom. The Hall–Kier alpha value is -4.21. The Balaban J connectivity index is 1.75. The number of halogens is 6. The maximum Gasteiger partial charge on any atom is 0.416 e. The van der Waals surface area contributed by atoms with Gasteiger partial charge in [0, 0.05) is 29.2 Å². The third-order valence-electron chi connectivity index (χ3n) is 5.62. The number of hydrogen-bond donors (Lipinski definition) is 1. The summed E-state index contributed by atoms with van der Waals surface area (Å²) in [5.74, 6) is -0.790. The van der Waals surface area contributed by atoms with Gasteiger partial charge in [0.1, 0.15) is 12.4 Å². The minimum Gasteiger partial charge on any atom is -0.489 e. The average Bonchev–Trinajstić information content (AvgIpc) is 3.17. The topological polar surface area (TPSA) is 51.5 Å². The van der Waals surface area contributed by atoms with Crippen LogP contribution in [0.2, 0.25) is 0 Å². The smallest absolute Gasteiger partial charge is 0.416 e. The first-order chi connectivity index (χ1) is 17.4. The molecule has 37 heavy (non-hydrogen) atoms. The van der Waals surface area contributed by atoms with Gasteiger partial charge in [-0.1, -0.05) is 36.4 Å². The number of alkyl halides is 6. The predicted molar refractivity (Wildman–Crippen MR) is 125 cm³/mol. The summed E-state index contributed by atoms with van der Waals surface area (Å²) in [6, 6.07) is 17.3. The molecule has 0 radical (unpaired) electrons. The first kappa shape index (κ1) is 25.9. The van der Waals surface area contributed by atoms with Crippen molar-refractivity contribution in [1.29, 1.82) is 0 Å². The van der Waals surface area contributed by atoms with Gasteiger partial charge in [0.25, 0.3) is 0 Å². The van der Waals surface area contributed by atoms with Crippen LogP contribution in [0, 0.1) is 0 Å². The van der Waals surface area contributed by atoms with E-state index in [2.05, 4.69) is 0 Å². The number of fused-ring (bicyclic) bond motifs is 1. The molecule has 1 N–H and O–H groups in total. The van der Waals surface area contributed by atoms with Crippen molar-refractivity contribution in [3.63, 3.8) is 0 Å². The molecule has 3 aromatic carbocycles. The lowest BCUT2D eigenvalue weighted by atomic mass is 10.0. The van der Waals surface area contributed by atoms with E-state index >= 15 is 0 Å². The predicted octanol–water partition coefficient (Wildman–Crippen LogP) is 7.40. The molecule has 0 saturated carbocycles. The largest absolute Gasteiger partial charge is 0.489 e. The van der Waals surface area contributed by atoms with Crippen molar-refractivity contribution in [3.05, 3.63) is 107 Å². The maximum atomic E-state index is 13.7. The molecular formula is C27H19F6NO3. The molecule has 4 nitrogen and oxygen atoms in total. The van der Waals surface area contributed by atoms with Gasteiger partial charge >= 0.3 is 18.3 Å². The summed E-state index contributed by atoms with van der Waals surface area (Å²) >= 11 is 0. The number of aliphatic carboxylic acids is 1. The van der Waals surface area contributed by atoms with Gasteiger partial charge in [-0.15, -0.1) is 0 Å². The lowest BCUT2D eigenvalue weighted by Crippen LogP contribution is -2.15. The molecule has 0 bridgehead atoms. The SMILES string of the molecule is O=C(O)/C=C/c1cc2cc(OCc3ccccc3)ccc2n1Cc1ccc(C(F)(F)F)cc1C(F)(F)F. The molecule has 10 heteroatoms. The van der Waals surface area contributed by atoms with E-state index in [1.54, 1.807) is 24.3 Å². The Labute approximate surface area is 207 Å². The van der Waals surface area contributed by atoms with Crippen LogP contribution in [0.1, 0.15) is 27.9 Å². The summed E-state index contributed by atoms with van der Waals surface area (Å²) in [4.78, 5) is 11.1. The van der Waals surface area contributed by atoms with Crippen molar-refractivity contribution in [2.75, 3.05) is 0 Å². The Bertz CT molecular complexity index is 1450. The number of carboxylic acids is 1.